The number of likely N-dealkylation sites (N-methyl/N-ethyl adjacent to an activating group) is 1. The first-order valence-corrected chi connectivity index (χ1v) is 5.66. The molecule has 0 aromatic heterocycles. The zero-order valence-corrected chi connectivity index (χ0v) is 10.6. The van der Waals surface area contributed by atoms with E-state index in [9.17, 15) is 9.59 Å². The molecule has 0 aromatic carbocycles. The molecule has 94 valence electrons. The molecule has 0 heterocycles. The Morgan fingerprint density at radius 1 is 1.38 bits per heavy atom. The number of carbonyl (C=O) groups is 2. The summed E-state index contributed by atoms with van der Waals surface area (Å²) < 4.78 is 0. The maximum absolute atomic E-state index is 11.8. The summed E-state index contributed by atoms with van der Waals surface area (Å²) in [5.41, 5.74) is 5.49. The minimum Gasteiger partial charge on any atom is -0.352 e. The summed E-state index contributed by atoms with van der Waals surface area (Å²) in [4.78, 5) is 24.7. The van der Waals surface area contributed by atoms with E-state index in [4.69, 9.17) is 5.73 Å². The third-order valence-corrected chi connectivity index (χ3v) is 2.33. The van der Waals surface area contributed by atoms with Crippen LogP contribution in [0.3, 0.4) is 0 Å². The van der Waals surface area contributed by atoms with Crippen LogP contribution in [0.2, 0.25) is 0 Å². The summed E-state index contributed by atoms with van der Waals surface area (Å²) in [5, 5.41) is 2.74. The molecule has 0 saturated heterocycles. The van der Waals surface area contributed by atoms with Gasteiger partial charge in [-0.05, 0) is 20.3 Å². The van der Waals surface area contributed by atoms with Gasteiger partial charge in [0.25, 0.3) is 0 Å². The molecule has 0 fully saturated rings. The maximum Gasteiger partial charge on any atom is 0.239 e. The van der Waals surface area contributed by atoms with Crippen LogP contribution in [0.5, 0.6) is 0 Å². The van der Waals surface area contributed by atoms with Crippen molar-refractivity contribution in [2.24, 2.45) is 11.7 Å². The Hall–Kier alpha value is -1.10. The fourth-order valence-electron chi connectivity index (χ4n) is 1.41. The van der Waals surface area contributed by atoms with E-state index in [0.29, 0.717) is 13.0 Å². The van der Waals surface area contributed by atoms with Crippen molar-refractivity contribution in [1.82, 2.24) is 10.2 Å². The zero-order valence-electron chi connectivity index (χ0n) is 10.6. The molecular weight excluding hydrogens is 206 g/mol. The highest BCUT2D eigenvalue weighted by atomic mass is 16.2. The van der Waals surface area contributed by atoms with Crippen LogP contribution in [0.15, 0.2) is 0 Å². The number of amides is 2. The molecule has 5 heteroatoms. The molecule has 2 amide bonds. The van der Waals surface area contributed by atoms with Crippen molar-refractivity contribution in [3.05, 3.63) is 0 Å². The lowest BCUT2D eigenvalue weighted by Crippen LogP contribution is -2.44. The molecular formula is C11H23N3O2. The molecule has 5 nitrogen and oxygen atoms in total. The molecule has 0 rings (SSSR count). The lowest BCUT2D eigenvalue weighted by atomic mass is 10.1. The monoisotopic (exact) mass is 229 g/mol. The number of nitrogens with two attached hydrogens (primary N) is 1. The van der Waals surface area contributed by atoms with Crippen molar-refractivity contribution in [2.45, 2.75) is 33.2 Å². The maximum atomic E-state index is 11.8. The van der Waals surface area contributed by atoms with Crippen molar-refractivity contribution in [3.8, 4) is 0 Å². The Kier molecular flexibility index (Phi) is 6.72. The van der Waals surface area contributed by atoms with Crippen LogP contribution in [0.4, 0.5) is 0 Å². The molecule has 0 aliphatic heterocycles. The van der Waals surface area contributed by atoms with Crippen LogP contribution in [0.25, 0.3) is 0 Å². The first-order chi connectivity index (χ1) is 7.42. The van der Waals surface area contributed by atoms with Gasteiger partial charge in [0.2, 0.25) is 11.8 Å². The fraction of sp³-hybridized carbons (Fsp3) is 0.818. The minimum absolute atomic E-state index is 0.0658. The molecule has 0 aliphatic carbocycles. The zero-order chi connectivity index (χ0) is 12.7. The van der Waals surface area contributed by atoms with Crippen molar-refractivity contribution in [3.63, 3.8) is 0 Å². The van der Waals surface area contributed by atoms with Gasteiger partial charge in [0, 0.05) is 19.6 Å². The summed E-state index contributed by atoms with van der Waals surface area (Å²) in [5.74, 6) is -0.390. The average Bonchev–Trinajstić information content (AvgIpc) is 2.17. The van der Waals surface area contributed by atoms with Crippen LogP contribution >= 0.6 is 0 Å². The summed E-state index contributed by atoms with van der Waals surface area (Å²) in [6.45, 7) is 6.10. The van der Waals surface area contributed by atoms with Gasteiger partial charge in [0.05, 0.1) is 12.5 Å². The smallest absolute Gasteiger partial charge is 0.239 e. The topological polar surface area (TPSA) is 75.4 Å². The highest BCUT2D eigenvalue weighted by molar-refractivity contribution is 5.85. The van der Waals surface area contributed by atoms with Crippen molar-refractivity contribution >= 4 is 11.8 Å². The number of carbonyl (C=O) groups excluding carboxylic acids is 2. The average molecular weight is 229 g/mol. The molecule has 0 bridgehead atoms. The van der Waals surface area contributed by atoms with Gasteiger partial charge in [0.15, 0.2) is 0 Å². The van der Waals surface area contributed by atoms with E-state index >= 15 is 0 Å². The van der Waals surface area contributed by atoms with Crippen LogP contribution in [-0.2, 0) is 9.59 Å². The molecule has 0 radical (unpaired) electrons. The standard InChI is InChI=1S/C11H23N3O2/c1-5-9(6-12)11(16)14(4)7-10(15)13-8(2)3/h8-9H,5-7,12H2,1-4H3,(H,13,15). The van der Waals surface area contributed by atoms with Gasteiger partial charge in [-0.15, -0.1) is 0 Å². The van der Waals surface area contributed by atoms with E-state index in [1.165, 1.54) is 4.90 Å². The van der Waals surface area contributed by atoms with E-state index in [0.717, 1.165) is 0 Å². The second-order valence-electron chi connectivity index (χ2n) is 4.26. The van der Waals surface area contributed by atoms with Crippen LogP contribution < -0.4 is 11.1 Å². The van der Waals surface area contributed by atoms with E-state index < -0.39 is 0 Å². The lowest BCUT2D eigenvalue weighted by molar-refractivity contribution is -0.138. The summed E-state index contributed by atoms with van der Waals surface area (Å²) in [7, 11) is 1.63. The third-order valence-electron chi connectivity index (χ3n) is 2.33. The highest BCUT2D eigenvalue weighted by Crippen LogP contribution is 2.04. The number of rotatable bonds is 6. The molecule has 0 saturated carbocycles. The molecule has 1 atom stereocenters. The van der Waals surface area contributed by atoms with Crippen molar-refractivity contribution in [2.75, 3.05) is 20.1 Å². The molecule has 16 heavy (non-hydrogen) atoms. The normalized spacial score (nSPS) is 12.4. The Morgan fingerprint density at radius 2 is 1.94 bits per heavy atom. The highest BCUT2D eigenvalue weighted by Gasteiger charge is 2.20. The first-order valence-electron chi connectivity index (χ1n) is 5.66. The Morgan fingerprint density at radius 3 is 2.31 bits per heavy atom. The molecule has 0 aromatic rings. The summed E-state index contributed by atoms with van der Waals surface area (Å²) in [6.07, 6.45) is 0.700. The van der Waals surface area contributed by atoms with Gasteiger partial charge in [-0.3, -0.25) is 9.59 Å². The van der Waals surface area contributed by atoms with Gasteiger partial charge >= 0.3 is 0 Å². The second kappa shape index (κ2) is 7.22. The molecule has 0 spiro atoms. The first kappa shape index (κ1) is 14.9. The van der Waals surface area contributed by atoms with Gasteiger partial charge in [-0.25, -0.2) is 0 Å². The van der Waals surface area contributed by atoms with Gasteiger partial charge < -0.3 is 16.0 Å². The van der Waals surface area contributed by atoms with Gasteiger partial charge in [-0.1, -0.05) is 6.92 Å². The third kappa shape index (κ3) is 5.11. The summed E-state index contributed by atoms with van der Waals surface area (Å²) >= 11 is 0. The number of nitrogens with one attached hydrogen (secondary N) is 1. The SMILES string of the molecule is CCC(CN)C(=O)N(C)CC(=O)NC(C)C. The van der Waals surface area contributed by atoms with E-state index in [2.05, 4.69) is 5.32 Å². The molecule has 3 N–H and O–H groups in total. The number of nitrogens with zero attached hydrogens (tertiary/aromatic N) is 1. The summed E-state index contributed by atoms with van der Waals surface area (Å²) in [6, 6.07) is 0.0903. The fourth-order valence-corrected chi connectivity index (χ4v) is 1.41. The van der Waals surface area contributed by atoms with E-state index in [1.807, 2.05) is 20.8 Å². The molecule has 0 aliphatic rings. The Labute approximate surface area is 97.4 Å². The number of hydrogen-bond acceptors (Lipinski definition) is 3. The van der Waals surface area contributed by atoms with Crippen LogP contribution in [0.1, 0.15) is 27.2 Å². The van der Waals surface area contributed by atoms with Gasteiger partial charge in [0.1, 0.15) is 0 Å². The Bertz CT molecular complexity index is 237. The number of hydrogen-bond donors (Lipinski definition) is 2. The largest absolute Gasteiger partial charge is 0.352 e. The van der Waals surface area contributed by atoms with Crippen LogP contribution in [0, 0.1) is 5.92 Å². The van der Waals surface area contributed by atoms with Crippen molar-refractivity contribution < 1.29 is 9.59 Å². The molecule has 1 unspecified atom stereocenters. The quantitative estimate of drug-likeness (QED) is 0.671. The van der Waals surface area contributed by atoms with E-state index in [-0.39, 0.29) is 30.3 Å². The lowest BCUT2D eigenvalue weighted by Gasteiger charge is -2.22. The second-order valence-corrected chi connectivity index (χ2v) is 4.26. The minimum atomic E-state index is -0.183. The van der Waals surface area contributed by atoms with Crippen LogP contribution in [-0.4, -0.2) is 42.9 Å². The van der Waals surface area contributed by atoms with E-state index in [1.54, 1.807) is 7.05 Å². The Balaban J connectivity index is 4.19. The van der Waals surface area contributed by atoms with Gasteiger partial charge in [-0.2, -0.15) is 0 Å². The van der Waals surface area contributed by atoms with Crippen molar-refractivity contribution in [1.29, 1.82) is 0 Å². The predicted octanol–water partition coefficient (Wildman–Crippen LogP) is -0.0457. The predicted molar refractivity (Wildman–Crippen MR) is 63.8 cm³/mol.